The fourth-order valence-electron chi connectivity index (χ4n) is 0.797. The predicted molar refractivity (Wildman–Crippen MR) is 51.3 cm³/mol. The first kappa shape index (κ1) is 13.4. The number of benzene rings is 1. The van der Waals surface area contributed by atoms with Crippen molar-refractivity contribution in [3.8, 4) is 0 Å². The van der Waals surface area contributed by atoms with Gasteiger partial charge in [0.25, 0.3) is 0 Å². The largest absolute Gasteiger partial charge is 0.416 e. The summed E-state index contributed by atoms with van der Waals surface area (Å²) in [5.41, 5.74) is 2.21. The van der Waals surface area contributed by atoms with Crippen LogP contribution in [0.2, 0.25) is 0 Å². The highest BCUT2D eigenvalue weighted by Crippen LogP contribution is 2.29. The maximum absolute atomic E-state index is 12.0. The van der Waals surface area contributed by atoms with Gasteiger partial charge in [-0.1, -0.05) is 0 Å². The van der Waals surface area contributed by atoms with Crippen LogP contribution >= 0.6 is 24.2 Å². The van der Waals surface area contributed by atoms with E-state index in [2.05, 4.69) is 10.4 Å². The van der Waals surface area contributed by atoms with Crippen LogP contribution in [0.4, 0.5) is 18.9 Å². The number of anilines is 1. The Morgan fingerprint density at radius 3 is 1.93 bits per heavy atom. The lowest BCUT2D eigenvalue weighted by Gasteiger charge is -2.07. The van der Waals surface area contributed by atoms with Crippen molar-refractivity contribution in [2.45, 2.75) is 6.18 Å². The van der Waals surface area contributed by atoms with Crippen molar-refractivity contribution in [3.05, 3.63) is 29.8 Å². The molecular formula is C7H7Cl2F3N2. The van der Waals surface area contributed by atoms with Crippen LogP contribution in [0.25, 0.3) is 0 Å². The zero-order chi connectivity index (χ0) is 9.90. The molecule has 0 heterocycles. The van der Waals surface area contributed by atoms with Crippen molar-refractivity contribution in [1.82, 2.24) is 4.94 Å². The highest BCUT2D eigenvalue weighted by molar-refractivity contribution is 6.13. The van der Waals surface area contributed by atoms with E-state index in [0.29, 0.717) is 5.69 Å². The van der Waals surface area contributed by atoms with E-state index in [0.717, 1.165) is 12.1 Å². The summed E-state index contributed by atoms with van der Waals surface area (Å²) >= 11 is 5.08. The third kappa shape index (κ3) is 3.61. The van der Waals surface area contributed by atoms with Gasteiger partial charge in [0, 0.05) is 0 Å². The predicted octanol–water partition coefficient (Wildman–Crippen LogP) is 3.20. The van der Waals surface area contributed by atoms with Gasteiger partial charge in [0.2, 0.25) is 0 Å². The summed E-state index contributed by atoms with van der Waals surface area (Å²) in [5.74, 6) is 0. The monoisotopic (exact) mass is 246 g/mol. The van der Waals surface area contributed by atoms with Crippen molar-refractivity contribution in [1.29, 1.82) is 0 Å². The molecule has 2 nitrogen and oxygen atoms in total. The topological polar surface area (TPSA) is 24.1 Å². The third-order valence-electron chi connectivity index (χ3n) is 1.40. The van der Waals surface area contributed by atoms with Crippen LogP contribution in [0.1, 0.15) is 5.56 Å². The van der Waals surface area contributed by atoms with Gasteiger partial charge < -0.3 is 5.43 Å². The smallest absolute Gasteiger partial charge is 0.308 e. The van der Waals surface area contributed by atoms with Gasteiger partial charge in [-0.3, -0.25) is 0 Å². The lowest BCUT2D eigenvalue weighted by molar-refractivity contribution is -0.137. The summed E-state index contributed by atoms with van der Waals surface area (Å²) in [7, 11) is 0. The molecule has 0 aliphatic rings. The zero-order valence-electron chi connectivity index (χ0n) is 6.73. The number of hydrazine groups is 1. The van der Waals surface area contributed by atoms with Crippen LogP contribution in [0.5, 0.6) is 0 Å². The first-order chi connectivity index (χ1) is 6.04. The van der Waals surface area contributed by atoms with Crippen LogP contribution in [0, 0.1) is 0 Å². The Kier molecular flexibility index (Phi) is 5.04. The molecule has 0 saturated carbocycles. The van der Waals surface area contributed by atoms with E-state index in [4.69, 9.17) is 11.8 Å². The summed E-state index contributed by atoms with van der Waals surface area (Å²) in [4.78, 5) is 2.08. The number of rotatable bonds is 2. The molecule has 0 radical (unpaired) electrons. The minimum absolute atomic E-state index is 0. The molecule has 2 N–H and O–H groups in total. The quantitative estimate of drug-likeness (QED) is 0.619. The van der Waals surface area contributed by atoms with E-state index in [1.165, 1.54) is 12.1 Å². The van der Waals surface area contributed by atoms with Crippen LogP contribution in [0.15, 0.2) is 24.3 Å². The summed E-state index contributed by atoms with van der Waals surface area (Å²) < 4.78 is 36.1. The molecule has 0 unspecified atom stereocenters. The van der Waals surface area contributed by atoms with E-state index in [1.807, 2.05) is 0 Å². The van der Waals surface area contributed by atoms with Crippen LogP contribution in [-0.2, 0) is 6.18 Å². The van der Waals surface area contributed by atoms with Crippen LogP contribution < -0.4 is 10.4 Å². The van der Waals surface area contributed by atoms with E-state index in [-0.39, 0.29) is 12.4 Å². The summed E-state index contributed by atoms with van der Waals surface area (Å²) in [6.07, 6.45) is -4.30. The summed E-state index contributed by atoms with van der Waals surface area (Å²) in [6, 6.07) is 4.49. The first-order valence-electron chi connectivity index (χ1n) is 3.33. The van der Waals surface area contributed by atoms with Crippen LogP contribution in [0.3, 0.4) is 0 Å². The van der Waals surface area contributed by atoms with Gasteiger partial charge in [-0.05, 0) is 36.0 Å². The Morgan fingerprint density at radius 2 is 1.57 bits per heavy atom. The Hall–Kier alpha value is -0.650. The molecule has 0 aliphatic carbocycles. The second-order valence-corrected chi connectivity index (χ2v) is 2.48. The fourth-order valence-corrected chi connectivity index (χ4v) is 0.906. The second kappa shape index (κ2) is 5.29. The molecule has 0 fully saturated rings. The molecule has 80 valence electrons. The number of alkyl halides is 3. The lowest BCUT2D eigenvalue weighted by Crippen LogP contribution is -2.09. The van der Waals surface area contributed by atoms with Gasteiger partial charge in [-0.15, -0.1) is 17.4 Å². The average molecular weight is 247 g/mol. The molecule has 0 spiro atoms. The van der Waals surface area contributed by atoms with Gasteiger partial charge in [-0.2, -0.15) is 13.2 Å². The molecule has 0 bridgehead atoms. The van der Waals surface area contributed by atoms with E-state index < -0.39 is 11.7 Å². The first-order valence-corrected chi connectivity index (χ1v) is 3.71. The number of nitrogens with one attached hydrogen (secondary N) is 2. The average Bonchev–Trinajstić information content (AvgIpc) is 2.04. The molecule has 0 amide bonds. The second-order valence-electron chi connectivity index (χ2n) is 2.29. The molecule has 0 atom stereocenters. The molecule has 0 aromatic heterocycles. The van der Waals surface area contributed by atoms with Crippen molar-refractivity contribution in [3.63, 3.8) is 0 Å². The molecular weight excluding hydrogens is 240 g/mol. The van der Waals surface area contributed by atoms with Crippen molar-refractivity contribution >= 4 is 29.9 Å². The van der Waals surface area contributed by atoms with Crippen molar-refractivity contribution < 1.29 is 13.2 Å². The molecule has 1 rings (SSSR count). The standard InChI is InChI=1S/C7H6ClF3N2.ClH/c8-13-12-6-3-1-5(2-4-6)7(9,10)11;/h1-4,12-13H;1H. The zero-order valence-corrected chi connectivity index (χ0v) is 8.30. The molecule has 1 aromatic carbocycles. The van der Waals surface area contributed by atoms with Gasteiger partial charge in [-0.25, -0.2) is 0 Å². The molecule has 7 heteroatoms. The van der Waals surface area contributed by atoms with Gasteiger partial charge in [0.15, 0.2) is 0 Å². The van der Waals surface area contributed by atoms with Gasteiger partial charge >= 0.3 is 6.18 Å². The van der Waals surface area contributed by atoms with Crippen molar-refractivity contribution in [2.24, 2.45) is 0 Å². The highest BCUT2D eigenvalue weighted by atomic mass is 35.5. The maximum Gasteiger partial charge on any atom is 0.416 e. The van der Waals surface area contributed by atoms with Crippen molar-refractivity contribution in [2.75, 3.05) is 5.43 Å². The third-order valence-corrected chi connectivity index (χ3v) is 1.50. The van der Waals surface area contributed by atoms with Gasteiger partial charge in [0.1, 0.15) is 0 Å². The Labute approximate surface area is 89.9 Å². The van der Waals surface area contributed by atoms with E-state index in [1.54, 1.807) is 0 Å². The minimum atomic E-state index is -4.30. The Balaban J connectivity index is 0.00000169. The summed E-state index contributed by atoms with van der Waals surface area (Å²) in [6.45, 7) is 0. The minimum Gasteiger partial charge on any atom is -0.308 e. The van der Waals surface area contributed by atoms with Crippen LogP contribution in [-0.4, -0.2) is 0 Å². The Morgan fingerprint density at radius 1 is 1.07 bits per heavy atom. The molecule has 1 aromatic rings. The molecule has 0 saturated heterocycles. The lowest BCUT2D eigenvalue weighted by atomic mass is 10.2. The highest BCUT2D eigenvalue weighted by Gasteiger charge is 2.29. The van der Waals surface area contributed by atoms with E-state index in [9.17, 15) is 13.2 Å². The maximum atomic E-state index is 12.0. The van der Waals surface area contributed by atoms with E-state index >= 15 is 0 Å². The Bertz CT molecular complexity index is 273. The summed E-state index contributed by atoms with van der Waals surface area (Å²) in [5, 5.41) is 0. The normalized spacial score (nSPS) is 10.6. The molecule has 14 heavy (non-hydrogen) atoms. The van der Waals surface area contributed by atoms with Gasteiger partial charge in [0.05, 0.1) is 11.3 Å². The number of hydrogen-bond donors (Lipinski definition) is 2. The number of hydrogen-bond acceptors (Lipinski definition) is 2. The SMILES string of the molecule is Cl.FC(F)(F)c1ccc(NNCl)cc1. The fraction of sp³-hybridized carbons (Fsp3) is 0.143. The number of halogens is 5. The molecule has 0 aliphatic heterocycles.